The van der Waals surface area contributed by atoms with Crippen LogP contribution in [0.4, 0.5) is 5.69 Å². The van der Waals surface area contributed by atoms with Gasteiger partial charge in [-0.3, -0.25) is 0 Å². The number of pyridine rings is 1. The van der Waals surface area contributed by atoms with Crippen molar-refractivity contribution in [1.82, 2.24) is 9.97 Å². The molecule has 0 spiro atoms. The largest absolute Gasteiger partial charge is 0.435 e. The Morgan fingerprint density at radius 1 is 1.18 bits per heavy atom. The van der Waals surface area contributed by atoms with Gasteiger partial charge < -0.3 is 10.2 Å². The first-order chi connectivity index (χ1) is 8.22. The number of hydrogen-bond donors (Lipinski definition) is 1. The molecule has 3 aromatic rings. The maximum atomic E-state index is 5.61. The SMILES string of the molecule is Nc1ccc(-c2nc3cc(Br)ccc3o2)nc1. The zero-order valence-corrected chi connectivity index (χ0v) is 10.3. The Bertz CT molecular complexity index is 676. The summed E-state index contributed by atoms with van der Waals surface area (Å²) in [4.78, 5) is 8.55. The smallest absolute Gasteiger partial charge is 0.246 e. The van der Waals surface area contributed by atoms with Crippen LogP contribution >= 0.6 is 15.9 Å². The maximum absolute atomic E-state index is 5.61. The molecule has 0 aliphatic rings. The molecule has 17 heavy (non-hydrogen) atoms. The van der Waals surface area contributed by atoms with Crippen LogP contribution in [0.1, 0.15) is 0 Å². The van der Waals surface area contributed by atoms with E-state index in [0.29, 0.717) is 17.3 Å². The molecular formula is C12H8BrN3O. The molecule has 0 amide bonds. The zero-order chi connectivity index (χ0) is 11.8. The number of hydrogen-bond acceptors (Lipinski definition) is 4. The lowest BCUT2D eigenvalue weighted by Gasteiger charge is -1.94. The van der Waals surface area contributed by atoms with Crippen LogP contribution in [0.2, 0.25) is 0 Å². The van der Waals surface area contributed by atoms with Crippen molar-refractivity contribution in [2.75, 3.05) is 5.73 Å². The molecule has 2 heterocycles. The van der Waals surface area contributed by atoms with Gasteiger partial charge in [-0.15, -0.1) is 0 Å². The summed E-state index contributed by atoms with van der Waals surface area (Å²) >= 11 is 3.39. The average Bonchev–Trinajstić information content (AvgIpc) is 2.72. The van der Waals surface area contributed by atoms with Crippen molar-refractivity contribution in [3.05, 3.63) is 41.0 Å². The van der Waals surface area contributed by atoms with E-state index in [1.165, 1.54) is 0 Å². The number of nitrogens with zero attached hydrogens (tertiary/aromatic N) is 2. The normalized spacial score (nSPS) is 10.9. The van der Waals surface area contributed by atoms with Crippen molar-refractivity contribution in [2.45, 2.75) is 0 Å². The summed E-state index contributed by atoms with van der Waals surface area (Å²) in [5.41, 5.74) is 8.41. The lowest BCUT2D eigenvalue weighted by Crippen LogP contribution is -1.87. The second-order valence-electron chi connectivity index (χ2n) is 3.61. The summed E-state index contributed by atoms with van der Waals surface area (Å²) in [6.07, 6.45) is 1.58. The molecule has 0 saturated heterocycles. The summed E-state index contributed by atoms with van der Waals surface area (Å²) < 4.78 is 6.58. The zero-order valence-electron chi connectivity index (χ0n) is 8.72. The van der Waals surface area contributed by atoms with Crippen LogP contribution in [0, 0.1) is 0 Å². The highest BCUT2D eigenvalue weighted by Gasteiger charge is 2.09. The third kappa shape index (κ3) is 1.89. The number of halogens is 1. The van der Waals surface area contributed by atoms with Crippen LogP contribution in [0.25, 0.3) is 22.7 Å². The first-order valence-corrected chi connectivity index (χ1v) is 5.80. The molecule has 0 unspecified atom stereocenters. The van der Waals surface area contributed by atoms with Gasteiger partial charge in [-0.05, 0) is 30.3 Å². The fraction of sp³-hybridized carbons (Fsp3) is 0. The van der Waals surface area contributed by atoms with E-state index in [2.05, 4.69) is 25.9 Å². The first kappa shape index (κ1) is 10.3. The predicted octanol–water partition coefficient (Wildman–Crippen LogP) is 3.23. The van der Waals surface area contributed by atoms with Crippen molar-refractivity contribution < 1.29 is 4.42 Å². The summed E-state index contributed by atoms with van der Waals surface area (Å²) in [5.74, 6) is 0.498. The highest BCUT2D eigenvalue weighted by atomic mass is 79.9. The van der Waals surface area contributed by atoms with Crippen molar-refractivity contribution >= 4 is 32.7 Å². The van der Waals surface area contributed by atoms with Crippen LogP contribution in [0.5, 0.6) is 0 Å². The van der Waals surface area contributed by atoms with Gasteiger partial charge in [0.2, 0.25) is 5.89 Å². The van der Waals surface area contributed by atoms with Gasteiger partial charge in [0.15, 0.2) is 5.58 Å². The molecule has 0 saturated carbocycles. The molecule has 0 atom stereocenters. The lowest BCUT2D eigenvalue weighted by atomic mass is 10.3. The van der Waals surface area contributed by atoms with Crippen molar-refractivity contribution in [1.29, 1.82) is 0 Å². The lowest BCUT2D eigenvalue weighted by molar-refractivity contribution is 0.617. The van der Waals surface area contributed by atoms with Gasteiger partial charge >= 0.3 is 0 Å². The van der Waals surface area contributed by atoms with E-state index in [4.69, 9.17) is 10.2 Å². The standard InChI is InChI=1S/C12H8BrN3O/c13-7-1-4-11-10(5-7)16-12(17-11)9-3-2-8(14)6-15-9/h1-6H,14H2. The number of rotatable bonds is 1. The number of benzene rings is 1. The van der Waals surface area contributed by atoms with Crippen molar-refractivity contribution in [3.8, 4) is 11.6 Å². The van der Waals surface area contributed by atoms with E-state index in [-0.39, 0.29) is 0 Å². The third-order valence-electron chi connectivity index (χ3n) is 2.36. The minimum atomic E-state index is 0.498. The molecule has 2 aromatic heterocycles. The van der Waals surface area contributed by atoms with Crippen molar-refractivity contribution in [3.63, 3.8) is 0 Å². The molecule has 0 radical (unpaired) electrons. The second kappa shape index (κ2) is 3.85. The number of anilines is 1. The van der Waals surface area contributed by atoms with Gasteiger partial charge in [0.1, 0.15) is 11.2 Å². The Balaban J connectivity index is 2.14. The summed E-state index contributed by atoms with van der Waals surface area (Å²) in [6, 6.07) is 9.24. The van der Waals surface area contributed by atoms with Gasteiger partial charge in [0.05, 0.1) is 11.9 Å². The Kier molecular flexibility index (Phi) is 2.33. The summed E-state index contributed by atoms with van der Waals surface area (Å²) in [5, 5.41) is 0. The molecule has 4 nitrogen and oxygen atoms in total. The Morgan fingerprint density at radius 3 is 2.82 bits per heavy atom. The predicted molar refractivity (Wildman–Crippen MR) is 69.4 cm³/mol. The molecule has 0 aliphatic carbocycles. The van der Waals surface area contributed by atoms with Crippen LogP contribution in [0.3, 0.4) is 0 Å². The number of nitrogens with two attached hydrogens (primary N) is 1. The quantitative estimate of drug-likeness (QED) is 0.747. The highest BCUT2D eigenvalue weighted by molar-refractivity contribution is 9.10. The van der Waals surface area contributed by atoms with Gasteiger partial charge in [-0.2, -0.15) is 0 Å². The average molecular weight is 290 g/mol. The van der Waals surface area contributed by atoms with Gasteiger partial charge in [-0.25, -0.2) is 9.97 Å². The molecule has 3 rings (SSSR count). The number of aromatic nitrogens is 2. The minimum absolute atomic E-state index is 0.498. The number of oxazole rings is 1. The molecule has 84 valence electrons. The molecule has 0 fully saturated rings. The van der Waals surface area contributed by atoms with E-state index in [1.807, 2.05) is 18.2 Å². The Morgan fingerprint density at radius 2 is 2.06 bits per heavy atom. The van der Waals surface area contributed by atoms with E-state index >= 15 is 0 Å². The Labute approximate surface area is 106 Å². The summed E-state index contributed by atoms with van der Waals surface area (Å²) in [6.45, 7) is 0. The van der Waals surface area contributed by atoms with E-state index in [1.54, 1.807) is 18.3 Å². The second-order valence-corrected chi connectivity index (χ2v) is 4.52. The fourth-order valence-electron chi connectivity index (χ4n) is 1.54. The van der Waals surface area contributed by atoms with Crippen LogP contribution in [-0.2, 0) is 0 Å². The van der Waals surface area contributed by atoms with Crippen LogP contribution in [0.15, 0.2) is 45.4 Å². The van der Waals surface area contributed by atoms with Gasteiger partial charge in [0.25, 0.3) is 0 Å². The highest BCUT2D eigenvalue weighted by Crippen LogP contribution is 2.25. The van der Waals surface area contributed by atoms with Crippen LogP contribution in [-0.4, -0.2) is 9.97 Å². The number of fused-ring (bicyclic) bond motifs is 1. The molecule has 1 aromatic carbocycles. The molecule has 5 heteroatoms. The Hall–Kier alpha value is -1.88. The third-order valence-corrected chi connectivity index (χ3v) is 2.85. The molecule has 0 bridgehead atoms. The van der Waals surface area contributed by atoms with E-state index in [0.717, 1.165) is 15.6 Å². The molecule has 0 aliphatic heterocycles. The van der Waals surface area contributed by atoms with E-state index < -0.39 is 0 Å². The van der Waals surface area contributed by atoms with Crippen molar-refractivity contribution in [2.24, 2.45) is 0 Å². The summed E-state index contributed by atoms with van der Waals surface area (Å²) in [7, 11) is 0. The maximum Gasteiger partial charge on any atom is 0.246 e. The van der Waals surface area contributed by atoms with Crippen LogP contribution < -0.4 is 5.73 Å². The number of nitrogen functional groups attached to an aromatic ring is 1. The minimum Gasteiger partial charge on any atom is -0.435 e. The topological polar surface area (TPSA) is 64.9 Å². The molecule has 2 N–H and O–H groups in total. The monoisotopic (exact) mass is 289 g/mol. The van der Waals surface area contributed by atoms with Gasteiger partial charge in [-0.1, -0.05) is 15.9 Å². The van der Waals surface area contributed by atoms with E-state index in [9.17, 15) is 0 Å². The first-order valence-electron chi connectivity index (χ1n) is 5.00. The fourth-order valence-corrected chi connectivity index (χ4v) is 1.89. The van der Waals surface area contributed by atoms with Gasteiger partial charge in [0, 0.05) is 4.47 Å². The molecular weight excluding hydrogens is 282 g/mol.